The number of aliphatic hydroxyl groups excluding tert-OH is 1. The first-order valence-electron chi connectivity index (χ1n) is 5.67. The maximum absolute atomic E-state index is 12.2. The molecule has 16 heavy (non-hydrogen) atoms. The van der Waals surface area contributed by atoms with Crippen molar-refractivity contribution in [3.8, 4) is 0 Å². The summed E-state index contributed by atoms with van der Waals surface area (Å²) < 4.78 is 0. The van der Waals surface area contributed by atoms with Crippen LogP contribution in [-0.2, 0) is 4.79 Å². The van der Waals surface area contributed by atoms with Gasteiger partial charge in [-0.25, -0.2) is 0 Å². The fraction of sp³-hybridized carbons (Fsp3) is 0.615. The molecule has 0 heterocycles. The molecule has 1 saturated carbocycles. The van der Waals surface area contributed by atoms with Gasteiger partial charge in [-0.05, 0) is 39.2 Å². The topological polar surface area (TPSA) is 57.5 Å². The van der Waals surface area contributed by atoms with Gasteiger partial charge in [0.1, 0.15) is 5.60 Å². The molecule has 1 unspecified atom stereocenters. The van der Waals surface area contributed by atoms with E-state index < -0.39 is 11.0 Å². The normalized spacial score (nSPS) is 35.1. The third-order valence-corrected chi connectivity index (χ3v) is 4.31. The number of rotatable bonds is 1. The monoisotopic (exact) mass is 222 g/mol. The molecule has 2 rings (SSSR count). The molecule has 0 aromatic heterocycles. The molecule has 0 amide bonds. The number of carbonyl (C=O) groups is 1. The van der Waals surface area contributed by atoms with E-state index in [2.05, 4.69) is 0 Å². The van der Waals surface area contributed by atoms with Crippen LogP contribution in [0, 0.1) is 5.41 Å². The lowest BCUT2D eigenvalue weighted by Gasteiger charge is -2.39. The lowest BCUT2D eigenvalue weighted by molar-refractivity contribution is -0.138. The Kier molecular flexibility index (Phi) is 2.37. The van der Waals surface area contributed by atoms with Gasteiger partial charge < -0.3 is 10.2 Å². The van der Waals surface area contributed by atoms with E-state index in [1.165, 1.54) is 0 Å². The lowest BCUT2D eigenvalue weighted by Crippen LogP contribution is -2.49. The summed E-state index contributed by atoms with van der Waals surface area (Å²) in [7, 11) is 0. The van der Waals surface area contributed by atoms with Crippen molar-refractivity contribution in [3.05, 3.63) is 22.8 Å². The molecule has 88 valence electrons. The summed E-state index contributed by atoms with van der Waals surface area (Å²) in [4.78, 5) is 12.2. The molecule has 2 aliphatic rings. The second-order valence-electron chi connectivity index (χ2n) is 4.95. The van der Waals surface area contributed by atoms with Gasteiger partial charge in [-0.2, -0.15) is 0 Å². The number of aliphatic hydroxyl groups is 2. The third-order valence-electron chi connectivity index (χ3n) is 4.31. The van der Waals surface area contributed by atoms with Crippen molar-refractivity contribution in [2.45, 2.75) is 39.2 Å². The van der Waals surface area contributed by atoms with Gasteiger partial charge >= 0.3 is 0 Å². The van der Waals surface area contributed by atoms with Gasteiger partial charge in [0.05, 0.1) is 6.61 Å². The Morgan fingerprint density at radius 1 is 1.44 bits per heavy atom. The summed E-state index contributed by atoms with van der Waals surface area (Å²) in [5.41, 5.74) is 0.443. The summed E-state index contributed by atoms with van der Waals surface area (Å²) >= 11 is 0. The maximum atomic E-state index is 12.2. The van der Waals surface area contributed by atoms with E-state index in [9.17, 15) is 15.0 Å². The van der Waals surface area contributed by atoms with Crippen molar-refractivity contribution in [2.75, 3.05) is 6.61 Å². The van der Waals surface area contributed by atoms with Crippen LogP contribution >= 0.6 is 0 Å². The molecule has 1 spiro atoms. The average molecular weight is 222 g/mol. The van der Waals surface area contributed by atoms with Crippen LogP contribution in [-0.4, -0.2) is 28.2 Å². The fourth-order valence-electron chi connectivity index (χ4n) is 2.97. The zero-order valence-electron chi connectivity index (χ0n) is 10.0. The Morgan fingerprint density at radius 2 is 2.00 bits per heavy atom. The summed E-state index contributed by atoms with van der Waals surface area (Å²) in [6.45, 7) is 5.15. The molecule has 1 atom stereocenters. The Bertz CT molecular complexity index is 409. The first kappa shape index (κ1) is 11.6. The van der Waals surface area contributed by atoms with E-state index in [1.807, 2.05) is 6.92 Å². The zero-order valence-corrected chi connectivity index (χ0v) is 10.0. The minimum atomic E-state index is -1.31. The minimum absolute atomic E-state index is 0.130. The van der Waals surface area contributed by atoms with Crippen LogP contribution in [0.4, 0.5) is 0 Å². The molecular weight excluding hydrogens is 204 g/mol. The average Bonchev–Trinajstić information content (AvgIpc) is 3.03. The van der Waals surface area contributed by atoms with Crippen molar-refractivity contribution in [2.24, 2.45) is 5.41 Å². The number of hydrogen-bond donors (Lipinski definition) is 2. The molecule has 2 N–H and O–H groups in total. The van der Waals surface area contributed by atoms with Gasteiger partial charge in [-0.3, -0.25) is 4.79 Å². The molecule has 2 aliphatic carbocycles. The highest BCUT2D eigenvalue weighted by Gasteiger charge is 2.64. The number of allylic oxidation sites excluding steroid dienone is 1. The number of Topliss-reactive ketones (excluding diaryl/α,β-unsaturated/α-hetero) is 1. The van der Waals surface area contributed by atoms with E-state index in [0.717, 1.165) is 18.4 Å². The molecule has 0 saturated heterocycles. The smallest absolute Gasteiger partial charge is 0.194 e. The lowest BCUT2D eigenvalue weighted by atomic mass is 9.67. The highest BCUT2D eigenvalue weighted by molar-refractivity contribution is 6.08. The van der Waals surface area contributed by atoms with E-state index in [1.54, 1.807) is 19.9 Å². The van der Waals surface area contributed by atoms with E-state index in [-0.39, 0.29) is 12.4 Å². The molecule has 0 bridgehead atoms. The molecule has 0 aromatic carbocycles. The molecule has 0 radical (unpaired) electrons. The van der Waals surface area contributed by atoms with Crippen LogP contribution in [0.1, 0.15) is 33.6 Å². The van der Waals surface area contributed by atoms with Crippen molar-refractivity contribution in [1.29, 1.82) is 0 Å². The molecule has 3 heteroatoms. The van der Waals surface area contributed by atoms with Crippen molar-refractivity contribution in [3.63, 3.8) is 0 Å². The van der Waals surface area contributed by atoms with E-state index in [4.69, 9.17) is 0 Å². The summed E-state index contributed by atoms with van der Waals surface area (Å²) in [5, 5.41) is 19.8. The molecule has 0 aromatic rings. The standard InChI is InChI=1S/C13H18O3/c1-4-9-10(7-14)8(2)13(5-6-13)12(3,16)11(9)15/h4,14,16H,5-7H2,1-3H3/b9-4-. The van der Waals surface area contributed by atoms with Gasteiger partial charge in [0.25, 0.3) is 0 Å². The summed E-state index contributed by atoms with van der Waals surface area (Å²) in [5.74, 6) is -0.248. The Labute approximate surface area is 95.5 Å². The highest BCUT2D eigenvalue weighted by Crippen LogP contribution is 2.63. The van der Waals surface area contributed by atoms with Crippen molar-refractivity contribution in [1.82, 2.24) is 0 Å². The van der Waals surface area contributed by atoms with Gasteiger partial charge in [0.2, 0.25) is 0 Å². The minimum Gasteiger partial charge on any atom is -0.392 e. The Morgan fingerprint density at radius 3 is 2.38 bits per heavy atom. The highest BCUT2D eigenvalue weighted by atomic mass is 16.3. The maximum Gasteiger partial charge on any atom is 0.194 e. The molecule has 3 nitrogen and oxygen atoms in total. The van der Waals surface area contributed by atoms with Crippen LogP contribution in [0.25, 0.3) is 0 Å². The third kappa shape index (κ3) is 1.13. The first-order valence-corrected chi connectivity index (χ1v) is 5.67. The summed E-state index contributed by atoms with van der Waals surface area (Å²) in [6, 6.07) is 0. The van der Waals surface area contributed by atoms with Crippen LogP contribution in [0.3, 0.4) is 0 Å². The Balaban J connectivity index is 2.66. The summed E-state index contributed by atoms with van der Waals surface area (Å²) in [6.07, 6.45) is 3.34. The van der Waals surface area contributed by atoms with Gasteiger partial charge in [0, 0.05) is 11.0 Å². The van der Waals surface area contributed by atoms with Crippen LogP contribution in [0.5, 0.6) is 0 Å². The first-order chi connectivity index (χ1) is 7.42. The predicted octanol–water partition coefficient (Wildman–Crippen LogP) is 1.36. The van der Waals surface area contributed by atoms with Crippen molar-refractivity contribution < 1.29 is 15.0 Å². The molecule has 0 aliphatic heterocycles. The van der Waals surface area contributed by atoms with E-state index >= 15 is 0 Å². The van der Waals surface area contributed by atoms with Crippen LogP contribution in [0.2, 0.25) is 0 Å². The van der Waals surface area contributed by atoms with Gasteiger partial charge in [-0.1, -0.05) is 11.6 Å². The van der Waals surface area contributed by atoms with Crippen LogP contribution < -0.4 is 0 Å². The molecular formula is C13H18O3. The Hall–Kier alpha value is -0.930. The largest absolute Gasteiger partial charge is 0.392 e. The number of ketones is 1. The molecule has 1 fully saturated rings. The van der Waals surface area contributed by atoms with Crippen molar-refractivity contribution >= 4 is 5.78 Å². The second-order valence-corrected chi connectivity index (χ2v) is 4.95. The van der Waals surface area contributed by atoms with E-state index in [0.29, 0.717) is 11.1 Å². The zero-order chi connectivity index (χ0) is 12.1. The van der Waals surface area contributed by atoms with Crippen LogP contribution in [0.15, 0.2) is 22.8 Å². The van der Waals surface area contributed by atoms with Gasteiger partial charge in [0.15, 0.2) is 5.78 Å². The quantitative estimate of drug-likeness (QED) is 0.658. The second kappa shape index (κ2) is 3.28. The fourth-order valence-corrected chi connectivity index (χ4v) is 2.97. The predicted molar refractivity (Wildman–Crippen MR) is 60.8 cm³/mol. The SMILES string of the molecule is C/C=C1\C(=O)C(C)(O)C2(CC2)C(C)=C1CO. The number of hydrogen-bond acceptors (Lipinski definition) is 3. The number of carbonyl (C=O) groups excluding carboxylic acids is 1. The van der Waals surface area contributed by atoms with Gasteiger partial charge in [-0.15, -0.1) is 0 Å².